The van der Waals surface area contributed by atoms with Gasteiger partial charge in [-0.2, -0.15) is 0 Å². The fourth-order valence-corrected chi connectivity index (χ4v) is 3.15. The van der Waals surface area contributed by atoms with Crippen LogP contribution in [0.3, 0.4) is 0 Å². The lowest BCUT2D eigenvalue weighted by Gasteiger charge is -2.11. The third-order valence-electron chi connectivity index (χ3n) is 4.28. The monoisotopic (exact) mass is 298 g/mol. The van der Waals surface area contributed by atoms with E-state index in [1.165, 1.54) is 5.56 Å². The molecule has 0 spiro atoms. The van der Waals surface area contributed by atoms with E-state index in [2.05, 4.69) is 24.3 Å². The molecule has 3 heteroatoms. The Balaban J connectivity index is 2.05. The zero-order valence-corrected chi connectivity index (χ0v) is 12.5. The number of hydrogen-bond donors (Lipinski definition) is 2. The summed E-state index contributed by atoms with van der Waals surface area (Å²) in [5.41, 5.74) is 2.87. The van der Waals surface area contributed by atoms with E-state index in [0.717, 1.165) is 27.1 Å². The van der Waals surface area contributed by atoms with E-state index in [9.17, 15) is 10.0 Å². The third kappa shape index (κ3) is 2.40. The van der Waals surface area contributed by atoms with Gasteiger partial charge in [0.1, 0.15) is 0 Å². The first-order valence-electron chi connectivity index (χ1n) is 7.61. The Kier molecular flexibility index (Phi) is 3.38. The maximum Gasteiger partial charge on any atom is 0.489 e. The average Bonchev–Trinajstić information content (AvgIpc) is 2.61. The molecule has 0 atom stereocenters. The summed E-state index contributed by atoms with van der Waals surface area (Å²) < 4.78 is 0. The molecule has 0 radical (unpaired) electrons. The van der Waals surface area contributed by atoms with Crippen LogP contribution in [0.5, 0.6) is 0 Å². The van der Waals surface area contributed by atoms with Gasteiger partial charge in [-0.15, -0.1) is 0 Å². The molecule has 4 rings (SSSR count). The predicted molar refractivity (Wildman–Crippen MR) is 96.7 cm³/mol. The van der Waals surface area contributed by atoms with Gasteiger partial charge in [-0.3, -0.25) is 0 Å². The molecule has 0 saturated carbocycles. The van der Waals surface area contributed by atoms with Crippen LogP contribution >= 0.6 is 0 Å². The average molecular weight is 298 g/mol. The van der Waals surface area contributed by atoms with Crippen LogP contribution in [-0.2, 0) is 0 Å². The second-order valence-corrected chi connectivity index (χ2v) is 5.69. The van der Waals surface area contributed by atoms with Gasteiger partial charge in [-0.05, 0) is 44.2 Å². The van der Waals surface area contributed by atoms with Crippen molar-refractivity contribution in [2.24, 2.45) is 0 Å². The molecule has 4 aromatic rings. The van der Waals surface area contributed by atoms with E-state index in [4.69, 9.17) is 0 Å². The van der Waals surface area contributed by atoms with Crippen molar-refractivity contribution in [3.63, 3.8) is 0 Å². The molecule has 0 aliphatic rings. The molecule has 0 amide bonds. The zero-order chi connectivity index (χ0) is 15.8. The zero-order valence-electron chi connectivity index (χ0n) is 12.5. The van der Waals surface area contributed by atoms with E-state index >= 15 is 0 Å². The molecule has 0 saturated heterocycles. The fourth-order valence-electron chi connectivity index (χ4n) is 3.15. The van der Waals surface area contributed by atoms with Crippen LogP contribution in [-0.4, -0.2) is 17.2 Å². The first-order valence-corrected chi connectivity index (χ1v) is 7.61. The van der Waals surface area contributed by atoms with Crippen LogP contribution in [0.15, 0.2) is 78.9 Å². The third-order valence-corrected chi connectivity index (χ3v) is 4.28. The second kappa shape index (κ2) is 5.54. The van der Waals surface area contributed by atoms with Crippen LogP contribution in [0.25, 0.3) is 32.7 Å². The van der Waals surface area contributed by atoms with Gasteiger partial charge < -0.3 is 10.0 Å². The lowest BCUT2D eigenvalue weighted by Crippen LogP contribution is -2.30. The molecule has 2 N–H and O–H groups in total. The van der Waals surface area contributed by atoms with Crippen molar-refractivity contribution in [2.75, 3.05) is 0 Å². The molecule has 0 heterocycles. The van der Waals surface area contributed by atoms with Crippen molar-refractivity contribution in [2.45, 2.75) is 0 Å². The van der Waals surface area contributed by atoms with Crippen LogP contribution in [0.1, 0.15) is 0 Å². The Morgan fingerprint density at radius 2 is 1.26 bits per heavy atom. The molecule has 0 bridgehead atoms. The van der Waals surface area contributed by atoms with Crippen LogP contribution in [0, 0.1) is 0 Å². The standard InChI is InChI=1S/C20H15BO2/c22-21(23)20-13-16-11-10-15(14-6-2-1-3-7-14)12-19(16)17-8-4-5-9-18(17)20/h1-13,22-23H. The van der Waals surface area contributed by atoms with Gasteiger partial charge in [-0.1, -0.05) is 72.8 Å². The molecule has 2 nitrogen and oxygen atoms in total. The molecule has 23 heavy (non-hydrogen) atoms. The van der Waals surface area contributed by atoms with Crippen LogP contribution < -0.4 is 5.46 Å². The summed E-state index contributed by atoms with van der Waals surface area (Å²) in [5, 5.41) is 23.4. The Bertz CT molecular complexity index is 994. The van der Waals surface area contributed by atoms with E-state index in [0.29, 0.717) is 5.46 Å². The van der Waals surface area contributed by atoms with Gasteiger partial charge in [0.15, 0.2) is 0 Å². The smallest absolute Gasteiger partial charge is 0.423 e. The maximum absolute atomic E-state index is 9.67. The molecule has 0 aliphatic carbocycles. The Labute approximate surface area is 134 Å². The minimum absolute atomic E-state index is 0.542. The van der Waals surface area contributed by atoms with Gasteiger partial charge in [-0.25, -0.2) is 0 Å². The molecule has 0 fully saturated rings. The minimum atomic E-state index is -1.47. The summed E-state index contributed by atoms with van der Waals surface area (Å²) in [6, 6.07) is 26.2. The largest absolute Gasteiger partial charge is 0.489 e. The minimum Gasteiger partial charge on any atom is -0.423 e. The van der Waals surface area contributed by atoms with Gasteiger partial charge >= 0.3 is 7.12 Å². The van der Waals surface area contributed by atoms with Crippen LogP contribution in [0.2, 0.25) is 0 Å². The first kappa shape index (κ1) is 14.0. The SMILES string of the molecule is OB(O)c1cc2ccc(-c3ccccc3)cc2c2ccccc12. The van der Waals surface area contributed by atoms with Crippen molar-refractivity contribution >= 4 is 34.1 Å². The molecule has 0 unspecified atom stereocenters. The highest BCUT2D eigenvalue weighted by atomic mass is 16.4. The van der Waals surface area contributed by atoms with Gasteiger partial charge in [0.2, 0.25) is 0 Å². The van der Waals surface area contributed by atoms with Gasteiger partial charge in [0.25, 0.3) is 0 Å². The van der Waals surface area contributed by atoms with Gasteiger partial charge in [0, 0.05) is 0 Å². The Morgan fingerprint density at radius 3 is 2.00 bits per heavy atom. The quantitative estimate of drug-likeness (QED) is 0.440. The molecular formula is C20H15BO2. The Morgan fingerprint density at radius 1 is 0.565 bits per heavy atom. The maximum atomic E-state index is 9.67. The Hall–Kier alpha value is -2.62. The highest BCUT2D eigenvalue weighted by Crippen LogP contribution is 2.29. The second-order valence-electron chi connectivity index (χ2n) is 5.69. The van der Waals surface area contributed by atoms with E-state index in [-0.39, 0.29) is 0 Å². The summed E-state index contributed by atoms with van der Waals surface area (Å²) in [7, 11) is -1.47. The van der Waals surface area contributed by atoms with E-state index < -0.39 is 7.12 Å². The highest BCUT2D eigenvalue weighted by Gasteiger charge is 2.16. The summed E-state index contributed by atoms with van der Waals surface area (Å²) >= 11 is 0. The van der Waals surface area contributed by atoms with Crippen LogP contribution in [0.4, 0.5) is 0 Å². The fraction of sp³-hybridized carbons (Fsp3) is 0. The van der Waals surface area contributed by atoms with Crippen molar-refractivity contribution in [3.8, 4) is 11.1 Å². The number of benzene rings is 4. The molecule has 0 aromatic heterocycles. The topological polar surface area (TPSA) is 40.5 Å². The van der Waals surface area contributed by atoms with Crippen molar-refractivity contribution in [3.05, 3.63) is 78.9 Å². The van der Waals surface area contributed by atoms with Gasteiger partial charge in [0.05, 0.1) is 0 Å². The molecule has 0 aliphatic heterocycles. The number of rotatable bonds is 2. The number of fused-ring (bicyclic) bond motifs is 3. The lowest BCUT2D eigenvalue weighted by molar-refractivity contribution is 0.426. The predicted octanol–water partition coefficient (Wildman–Crippen LogP) is 3.34. The first-order chi connectivity index (χ1) is 11.2. The number of hydrogen-bond acceptors (Lipinski definition) is 2. The van der Waals surface area contributed by atoms with Crippen molar-refractivity contribution in [1.29, 1.82) is 0 Å². The van der Waals surface area contributed by atoms with E-state index in [1.807, 2.05) is 54.6 Å². The molecule has 110 valence electrons. The van der Waals surface area contributed by atoms with E-state index in [1.54, 1.807) is 0 Å². The summed E-state index contributed by atoms with van der Waals surface area (Å²) in [5.74, 6) is 0. The summed E-state index contributed by atoms with van der Waals surface area (Å²) in [6.45, 7) is 0. The van der Waals surface area contributed by atoms with Crippen molar-refractivity contribution in [1.82, 2.24) is 0 Å². The normalized spacial score (nSPS) is 11.0. The highest BCUT2D eigenvalue weighted by molar-refractivity contribution is 6.62. The lowest BCUT2D eigenvalue weighted by atomic mass is 9.75. The van der Waals surface area contributed by atoms with Crippen molar-refractivity contribution < 1.29 is 10.0 Å². The summed E-state index contributed by atoms with van der Waals surface area (Å²) in [4.78, 5) is 0. The molecular weight excluding hydrogens is 283 g/mol. The summed E-state index contributed by atoms with van der Waals surface area (Å²) in [6.07, 6.45) is 0. The molecule has 4 aromatic carbocycles.